The highest BCUT2D eigenvalue weighted by molar-refractivity contribution is 8.00. The Morgan fingerprint density at radius 3 is 2.80 bits per heavy atom. The lowest BCUT2D eigenvalue weighted by Crippen LogP contribution is -2.47. The van der Waals surface area contributed by atoms with Gasteiger partial charge in [-0.25, -0.2) is 0 Å². The molecule has 15 heavy (non-hydrogen) atoms. The average molecular weight is 231 g/mol. The van der Waals surface area contributed by atoms with E-state index < -0.39 is 5.60 Å². The zero-order chi connectivity index (χ0) is 10.7. The molecule has 0 aromatic heterocycles. The maximum Gasteiger partial charge on any atom is 0.0815 e. The number of nitrogens with one attached hydrogen (secondary N) is 1. The van der Waals surface area contributed by atoms with Gasteiger partial charge in [-0.2, -0.15) is 11.8 Å². The molecule has 4 heteroatoms. The molecule has 0 aromatic rings. The van der Waals surface area contributed by atoms with E-state index in [0.29, 0.717) is 19.3 Å². The van der Waals surface area contributed by atoms with Crippen molar-refractivity contribution in [3.63, 3.8) is 0 Å². The summed E-state index contributed by atoms with van der Waals surface area (Å²) in [6.07, 6.45) is 2.78. The molecule has 2 N–H and O–H groups in total. The number of hydrogen-bond acceptors (Lipinski definition) is 4. The van der Waals surface area contributed by atoms with E-state index in [9.17, 15) is 5.11 Å². The smallest absolute Gasteiger partial charge is 0.0815 e. The summed E-state index contributed by atoms with van der Waals surface area (Å²) in [7, 11) is 0. The lowest BCUT2D eigenvalue weighted by atomic mass is 9.94. The van der Waals surface area contributed by atoms with Crippen LogP contribution in [-0.4, -0.2) is 47.5 Å². The molecular formula is C11H21NO2S. The van der Waals surface area contributed by atoms with Gasteiger partial charge in [-0.15, -0.1) is 0 Å². The number of ether oxygens (including phenoxy) is 1. The molecule has 2 atom stereocenters. The summed E-state index contributed by atoms with van der Waals surface area (Å²) in [5.74, 6) is 1.19. The minimum atomic E-state index is -0.519. The lowest BCUT2D eigenvalue weighted by Gasteiger charge is -2.33. The predicted octanol–water partition coefficient (Wildman–Crippen LogP) is 1.01. The van der Waals surface area contributed by atoms with Gasteiger partial charge in [-0.3, -0.25) is 0 Å². The first-order chi connectivity index (χ1) is 7.18. The molecule has 2 rings (SSSR count). The van der Waals surface area contributed by atoms with Crippen LogP contribution < -0.4 is 5.32 Å². The van der Waals surface area contributed by atoms with Crippen LogP contribution >= 0.6 is 11.8 Å². The van der Waals surface area contributed by atoms with E-state index in [0.717, 1.165) is 24.6 Å². The van der Waals surface area contributed by atoms with E-state index in [1.807, 2.05) is 11.8 Å². The number of hydrogen-bond donors (Lipinski definition) is 2. The van der Waals surface area contributed by atoms with Gasteiger partial charge in [0, 0.05) is 49.6 Å². The third kappa shape index (κ3) is 3.34. The van der Waals surface area contributed by atoms with Crippen LogP contribution in [0, 0.1) is 0 Å². The molecule has 0 bridgehead atoms. The SMILES string of the molecule is CC1CC(NCC2(O)CCOCC2)CS1. The van der Waals surface area contributed by atoms with E-state index in [-0.39, 0.29) is 0 Å². The molecule has 2 heterocycles. The topological polar surface area (TPSA) is 41.5 Å². The molecule has 88 valence electrons. The van der Waals surface area contributed by atoms with Gasteiger partial charge in [0.2, 0.25) is 0 Å². The van der Waals surface area contributed by atoms with Gasteiger partial charge in [-0.1, -0.05) is 6.92 Å². The van der Waals surface area contributed by atoms with Crippen LogP contribution in [0.3, 0.4) is 0 Å². The van der Waals surface area contributed by atoms with Gasteiger partial charge in [-0.05, 0) is 6.42 Å². The first-order valence-electron chi connectivity index (χ1n) is 5.83. The summed E-state index contributed by atoms with van der Waals surface area (Å²) in [5.41, 5.74) is -0.519. The van der Waals surface area contributed by atoms with Crippen molar-refractivity contribution in [2.75, 3.05) is 25.5 Å². The van der Waals surface area contributed by atoms with Crippen molar-refractivity contribution in [3.8, 4) is 0 Å². The molecule has 0 radical (unpaired) electrons. The van der Waals surface area contributed by atoms with E-state index in [2.05, 4.69) is 12.2 Å². The Kier molecular flexibility index (Phi) is 3.93. The molecule has 2 saturated heterocycles. The van der Waals surface area contributed by atoms with Gasteiger partial charge in [0.05, 0.1) is 5.60 Å². The summed E-state index contributed by atoms with van der Waals surface area (Å²) in [5, 5.41) is 14.5. The van der Waals surface area contributed by atoms with Crippen LogP contribution in [0.4, 0.5) is 0 Å². The molecule has 0 saturated carbocycles. The summed E-state index contributed by atoms with van der Waals surface area (Å²) in [4.78, 5) is 0. The first kappa shape index (κ1) is 11.7. The van der Waals surface area contributed by atoms with Crippen molar-refractivity contribution in [3.05, 3.63) is 0 Å². The molecule has 0 aliphatic carbocycles. The fraction of sp³-hybridized carbons (Fsp3) is 1.00. The second-order valence-corrected chi connectivity index (χ2v) is 6.27. The average Bonchev–Trinajstić information content (AvgIpc) is 2.63. The Labute approximate surface area is 96.0 Å². The molecule has 2 aliphatic rings. The van der Waals surface area contributed by atoms with Gasteiger partial charge >= 0.3 is 0 Å². The summed E-state index contributed by atoms with van der Waals surface area (Å²) in [6.45, 7) is 4.41. The second-order valence-electron chi connectivity index (χ2n) is 4.79. The van der Waals surface area contributed by atoms with Crippen molar-refractivity contribution in [2.24, 2.45) is 0 Å². The number of rotatable bonds is 3. The molecule has 2 fully saturated rings. The van der Waals surface area contributed by atoms with Crippen LogP contribution in [0.2, 0.25) is 0 Å². The van der Waals surface area contributed by atoms with Crippen LogP contribution in [0.5, 0.6) is 0 Å². The second kappa shape index (κ2) is 5.04. The molecule has 0 amide bonds. The highest BCUT2D eigenvalue weighted by atomic mass is 32.2. The third-order valence-corrected chi connectivity index (χ3v) is 4.70. The van der Waals surface area contributed by atoms with Crippen LogP contribution in [0.1, 0.15) is 26.2 Å². The number of aliphatic hydroxyl groups is 1. The van der Waals surface area contributed by atoms with Crippen molar-refractivity contribution in [1.29, 1.82) is 0 Å². The molecule has 0 spiro atoms. The van der Waals surface area contributed by atoms with Crippen LogP contribution in [-0.2, 0) is 4.74 Å². The Bertz CT molecular complexity index is 207. The summed E-state index contributed by atoms with van der Waals surface area (Å²) in [6, 6.07) is 0.594. The van der Waals surface area contributed by atoms with Gasteiger partial charge in [0.25, 0.3) is 0 Å². The minimum Gasteiger partial charge on any atom is -0.388 e. The van der Waals surface area contributed by atoms with Crippen molar-refractivity contribution < 1.29 is 9.84 Å². The predicted molar refractivity (Wildman–Crippen MR) is 63.3 cm³/mol. The normalized spacial score (nSPS) is 35.6. The first-order valence-corrected chi connectivity index (χ1v) is 6.88. The Hall–Kier alpha value is 0.230. The number of thioether (sulfide) groups is 1. The zero-order valence-corrected chi connectivity index (χ0v) is 10.2. The van der Waals surface area contributed by atoms with E-state index in [1.54, 1.807) is 0 Å². The third-order valence-electron chi connectivity index (χ3n) is 3.34. The highest BCUT2D eigenvalue weighted by Crippen LogP contribution is 2.27. The van der Waals surface area contributed by atoms with E-state index in [1.165, 1.54) is 12.2 Å². The fourth-order valence-electron chi connectivity index (χ4n) is 2.22. The van der Waals surface area contributed by atoms with Crippen LogP contribution in [0.15, 0.2) is 0 Å². The van der Waals surface area contributed by atoms with Gasteiger partial charge in [0.1, 0.15) is 0 Å². The van der Waals surface area contributed by atoms with Crippen molar-refractivity contribution >= 4 is 11.8 Å². The largest absolute Gasteiger partial charge is 0.388 e. The standard InChI is InChI=1S/C11H21NO2S/c1-9-6-10(7-15-9)12-8-11(13)2-4-14-5-3-11/h9-10,12-13H,2-8H2,1H3. The lowest BCUT2D eigenvalue weighted by molar-refractivity contribution is -0.0625. The molecule has 2 unspecified atom stereocenters. The van der Waals surface area contributed by atoms with Crippen molar-refractivity contribution in [1.82, 2.24) is 5.32 Å². The molecule has 0 aromatic carbocycles. The molecular weight excluding hydrogens is 210 g/mol. The van der Waals surface area contributed by atoms with E-state index >= 15 is 0 Å². The molecule has 3 nitrogen and oxygen atoms in total. The quantitative estimate of drug-likeness (QED) is 0.761. The maximum atomic E-state index is 10.2. The Balaban J connectivity index is 1.72. The maximum absolute atomic E-state index is 10.2. The van der Waals surface area contributed by atoms with Gasteiger partial charge < -0.3 is 15.2 Å². The Morgan fingerprint density at radius 1 is 1.47 bits per heavy atom. The summed E-state index contributed by atoms with van der Waals surface area (Å²) < 4.78 is 5.26. The zero-order valence-electron chi connectivity index (χ0n) is 9.37. The van der Waals surface area contributed by atoms with Gasteiger partial charge in [0.15, 0.2) is 0 Å². The minimum absolute atomic E-state index is 0.519. The van der Waals surface area contributed by atoms with Crippen LogP contribution in [0.25, 0.3) is 0 Å². The fourth-order valence-corrected chi connectivity index (χ4v) is 3.41. The monoisotopic (exact) mass is 231 g/mol. The molecule has 2 aliphatic heterocycles. The van der Waals surface area contributed by atoms with E-state index in [4.69, 9.17) is 4.74 Å². The Morgan fingerprint density at radius 2 is 2.20 bits per heavy atom. The highest BCUT2D eigenvalue weighted by Gasteiger charge is 2.31. The van der Waals surface area contributed by atoms with Crippen molar-refractivity contribution in [2.45, 2.75) is 43.1 Å². The summed E-state index contributed by atoms with van der Waals surface area (Å²) >= 11 is 2.02.